The van der Waals surface area contributed by atoms with Gasteiger partial charge in [0.05, 0.1) is 5.52 Å². The summed E-state index contributed by atoms with van der Waals surface area (Å²) in [6.07, 6.45) is 1.99. The number of fused-ring (bicyclic) bond motifs is 1. The zero-order valence-corrected chi connectivity index (χ0v) is 14.3. The Bertz CT molecular complexity index is 788. The van der Waals surface area contributed by atoms with Gasteiger partial charge in [-0.3, -0.25) is 15.2 Å². The lowest BCUT2D eigenvalue weighted by atomic mass is 9.96. The molecule has 6 heteroatoms. The Morgan fingerprint density at radius 2 is 2.00 bits per heavy atom. The van der Waals surface area contributed by atoms with E-state index < -0.39 is 11.7 Å². The van der Waals surface area contributed by atoms with Crippen molar-refractivity contribution in [1.29, 1.82) is 0 Å². The van der Waals surface area contributed by atoms with Crippen molar-refractivity contribution in [3.63, 3.8) is 0 Å². The van der Waals surface area contributed by atoms with Gasteiger partial charge in [-0.25, -0.2) is 9.80 Å². The second-order valence-corrected chi connectivity index (χ2v) is 7.28. The van der Waals surface area contributed by atoms with Crippen LogP contribution in [0.1, 0.15) is 37.6 Å². The summed E-state index contributed by atoms with van der Waals surface area (Å²) in [6.45, 7) is 6.77. The predicted octanol–water partition coefficient (Wildman–Crippen LogP) is 2.80. The third-order valence-electron chi connectivity index (χ3n) is 4.16. The number of aromatic nitrogens is 1. The van der Waals surface area contributed by atoms with Crippen LogP contribution in [0.2, 0.25) is 0 Å². The van der Waals surface area contributed by atoms with Crippen LogP contribution in [0.25, 0.3) is 10.9 Å². The molecule has 1 aromatic carbocycles. The molecule has 1 aliphatic heterocycles. The Morgan fingerprint density at radius 3 is 2.62 bits per heavy atom. The molecule has 1 saturated heterocycles. The molecular formula is C18H23N3O3. The van der Waals surface area contributed by atoms with Gasteiger partial charge in [0, 0.05) is 36.2 Å². The Labute approximate surface area is 141 Å². The zero-order valence-electron chi connectivity index (χ0n) is 14.3. The van der Waals surface area contributed by atoms with Crippen molar-refractivity contribution >= 4 is 22.8 Å². The minimum Gasteiger partial charge on any atom is -0.443 e. The van der Waals surface area contributed by atoms with Crippen LogP contribution < -0.4 is 5.84 Å². The van der Waals surface area contributed by atoms with Crippen LogP contribution in [0.5, 0.6) is 0 Å². The van der Waals surface area contributed by atoms with E-state index in [1.807, 2.05) is 39.0 Å². The van der Waals surface area contributed by atoms with Crippen molar-refractivity contribution in [3.05, 3.63) is 36.0 Å². The summed E-state index contributed by atoms with van der Waals surface area (Å²) in [5, 5.41) is 2.56. The highest BCUT2D eigenvalue weighted by molar-refractivity contribution is 6.02. The first-order valence-electron chi connectivity index (χ1n) is 8.13. The molecule has 0 radical (unpaired) electrons. The van der Waals surface area contributed by atoms with Crippen LogP contribution in [-0.4, -0.2) is 40.1 Å². The van der Waals surface area contributed by atoms with Gasteiger partial charge in [0.1, 0.15) is 5.60 Å². The van der Waals surface area contributed by atoms with Crippen molar-refractivity contribution in [2.75, 3.05) is 13.1 Å². The molecule has 6 nitrogen and oxygen atoms in total. The van der Waals surface area contributed by atoms with Gasteiger partial charge in [-0.1, -0.05) is 12.1 Å². The monoisotopic (exact) mass is 329 g/mol. The topological polar surface area (TPSA) is 77.6 Å². The van der Waals surface area contributed by atoms with E-state index in [9.17, 15) is 9.59 Å². The number of benzene rings is 1. The van der Waals surface area contributed by atoms with Crippen molar-refractivity contribution in [2.24, 2.45) is 11.8 Å². The minimum absolute atomic E-state index is 0.0711. The van der Waals surface area contributed by atoms with Gasteiger partial charge in [-0.15, -0.1) is 0 Å². The molecule has 0 saturated carbocycles. The highest BCUT2D eigenvalue weighted by Crippen LogP contribution is 2.24. The summed E-state index contributed by atoms with van der Waals surface area (Å²) in [7, 11) is 0. The second kappa shape index (κ2) is 6.03. The standard InChI is InChI=1S/C18H23N3O3/c1-18(2,3)24-17(23)21-9-7-12-4-5-13(10-15(12)21)16(22)14-6-8-20(19)11-14/h4-5,7,9-10,14H,6,8,11,19H2,1-3H3/t14-/m0/s1. The van der Waals surface area contributed by atoms with E-state index in [-0.39, 0.29) is 11.7 Å². The molecule has 3 rings (SSSR count). The molecule has 0 spiro atoms. The molecular weight excluding hydrogens is 306 g/mol. The Kier molecular flexibility index (Phi) is 4.19. The van der Waals surface area contributed by atoms with Crippen LogP contribution in [0.15, 0.2) is 30.5 Å². The number of ketones is 1. The molecule has 0 amide bonds. The number of ether oxygens (including phenoxy) is 1. The number of hydrogen-bond donors (Lipinski definition) is 1. The number of nitrogens with two attached hydrogens (primary N) is 1. The van der Waals surface area contributed by atoms with Crippen LogP contribution in [0, 0.1) is 5.92 Å². The molecule has 2 aromatic rings. The Morgan fingerprint density at radius 1 is 1.25 bits per heavy atom. The summed E-state index contributed by atoms with van der Waals surface area (Å²) in [4.78, 5) is 25.0. The molecule has 128 valence electrons. The maximum absolute atomic E-state index is 12.7. The molecule has 1 atom stereocenters. The van der Waals surface area contributed by atoms with Crippen molar-refractivity contribution in [2.45, 2.75) is 32.8 Å². The first-order chi connectivity index (χ1) is 11.2. The first-order valence-corrected chi connectivity index (χ1v) is 8.13. The fourth-order valence-electron chi connectivity index (χ4n) is 2.99. The quantitative estimate of drug-likeness (QED) is 0.677. The summed E-state index contributed by atoms with van der Waals surface area (Å²) in [6, 6.07) is 7.27. The number of carbonyl (C=O) groups excluding carboxylic acids is 2. The zero-order chi connectivity index (χ0) is 17.5. The van der Waals surface area contributed by atoms with Crippen LogP contribution in [-0.2, 0) is 4.74 Å². The van der Waals surface area contributed by atoms with E-state index in [0.29, 0.717) is 17.6 Å². The average Bonchev–Trinajstić information content (AvgIpc) is 3.10. The van der Waals surface area contributed by atoms with Gasteiger partial charge in [0.2, 0.25) is 0 Å². The summed E-state index contributed by atoms with van der Waals surface area (Å²) < 4.78 is 6.87. The van der Waals surface area contributed by atoms with Crippen LogP contribution in [0.4, 0.5) is 4.79 Å². The smallest absolute Gasteiger partial charge is 0.418 e. The summed E-state index contributed by atoms with van der Waals surface area (Å²) >= 11 is 0. The molecule has 24 heavy (non-hydrogen) atoms. The molecule has 0 bridgehead atoms. The number of Topliss-reactive ketones (excluding diaryl/α,β-unsaturated/α-hetero) is 1. The average molecular weight is 329 g/mol. The molecule has 0 aliphatic carbocycles. The fraction of sp³-hybridized carbons (Fsp3) is 0.444. The first kappa shape index (κ1) is 16.7. The molecule has 1 fully saturated rings. The van der Waals surface area contributed by atoms with E-state index in [2.05, 4.69) is 0 Å². The van der Waals surface area contributed by atoms with E-state index in [1.54, 1.807) is 17.3 Å². The van der Waals surface area contributed by atoms with E-state index >= 15 is 0 Å². The van der Waals surface area contributed by atoms with E-state index in [4.69, 9.17) is 10.6 Å². The molecule has 0 unspecified atom stereocenters. The highest BCUT2D eigenvalue weighted by atomic mass is 16.6. The van der Waals surface area contributed by atoms with Gasteiger partial charge in [-0.2, -0.15) is 0 Å². The largest absolute Gasteiger partial charge is 0.443 e. The summed E-state index contributed by atoms with van der Waals surface area (Å²) in [5.41, 5.74) is 0.708. The number of carbonyl (C=O) groups is 2. The summed E-state index contributed by atoms with van der Waals surface area (Å²) in [5.74, 6) is 5.74. The van der Waals surface area contributed by atoms with Crippen molar-refractivity contribution in [3.8, 4) is 0 Å². The molecule has 2 heterocycles. The third kappa shape index (κ3) is 3.34. The molecule has 1 aliphatic rings. The number of rotatable bonds is 2. The lowest BCUT2D eigenvalue weighted by Crippen LogP contribution is -2.29. The van der Waals surface area contributed by atoms with Gasteiger partial charge >= 0.3 is 6.09 Å². The van der Waals surface area contributed by atoms with Crippen molar-refractivity contribution in [1.82, 2.24) is 9.58 Å². The fourth-order valence-corrected chi connectivity index (χ4v) is 2.99. The highest BCUT2D eigenvalue weighted by Gasteiger charge is 2.28. The lowest BCUT2D eigenvalue weighted by Gasteiger charge is -2.19. The molecule has 1 aromatic heterocycles. The van der Waals surface area contributed by atoms with Crippen molar-refractivity contribution < 1.29 is 14.3 Å². The van der Waals surface area contributed by atoms with E-state index in [0.717, 1.165) is 18.4 Å². The maximum Gasteiger partial charge on any atom is 0.418 e. The third-order valence-corrected chi connectivity index (χ3v) is 4.16. The maximum atomic E-state index is 12.7. The SMILES string of the molecule is CC(C)(C)OC(=O)n1ccc2ccc(C(=O)[C@H]3CCN(N)C3)cc21. The molecule has 2 N–H and O–H groups in total. The van der Waals surface area contributed by atoms with E-state index in [1.165, 1.54) is 4.57 Å². The normalized spacial score (nSPS) is 18.9. The van der Waals surface area contributed by atoms with Gasteiger partial charge < -0.3 is 4.74 Å². The number of nitrogens with zero attached hydrogens (tertiary/aromatic N) is 2. The van der Waals surface area contributed by atoms with Gasteiger partial charge in [-0.05, 0) is 39.3 Å². The predicted molar refractivity (Wildman–Crippen MR) is 91.8 cm³/mol. The minimum atomic E-state index is -0.574. The number of hydrazine groups is 1. The van der Waals surface area contributed by atoms with Gasteiger partial charge in [0.25, 0.3) is 0 Å². The lowest BCUT2D eigenvalue weighted by molar-refractivity contribution is 0.0544. The van der Waals surface area contributed by atoms with Crippen LogP contribution in [0.3, 0.4) is 0 Å². The Balaban J connectivity index is 1.91. The second-order valence-electron chi connectivity index (χ2n) is 7.28. The van der Waals surface area contributed by atoms with Crippen LogP contribution >= 0.6 is 0 Å². The number of hydrogen-bond acceptors (Lipinski definition) is 5. The Hall–Kier alpha value is -2.18. The van der Waals surface area contributed by atoms with Gasteiger partial charge in [0.15, 0.2) is 5.78 Å².